The molecular weight excluding hydrogens is 322 g/mol. The van der Waals surface area contributed by atoms with Crippen molar-refractivity contribution in [1.82, 2.24) is 0 Å². The van der Waals surface area contributed by atoms with Crippen LogP contribution in [0.25, 0.3) is 0 Å². The van der Waals surface area contributed by atoms with Crippen LogP contribution in [0, 0.1) is 27.9 Å². The number of methoxy groups -OCH3 is 1. The second-order valence-corrected chi connectivity index (χ2v) is 6.57. The number of Topliss-reactive ketones (excluding diaryl/α,β-unsaturated/α-hetero) is 2. The summed E-state index contributed by atoms with van der Waals surface area (Å²) in [6, 6.07) is 3.88. The minimum absolute atomic E-state index is 0.0823. The van der Waals surface area contributed by atoms with Gasteiger partial charge in [0.05, 0.1) is 16.6 Å². The summed E-state index contributed by atoms with van der Waals surface area (Å²) in [5.41, 5.74) is -0.454. The molecule has 0 aliphatic heterocycles. The van der Waals surface area contributed by atoms with Crippen LogP contribution in [0.5, 0.6) is 0 Å². The van der Waals surface area contributed by atoms with E-state index in [1.165, 1.54) is 19.2 Å². The van der Waals surface area contributed by atoms with Crippen molar-refractivity contribution >= 4 is 28.9 Å². The molecule has 3 rings (SSSR count). The molecule has 2 saturated carbocycles. The van der Waals surface area contributed by atoms with Crippen molar-refractivity contribution in [2.24, 2.45) is 17.8 Å². The largest absolute Gasteiger partial charge is 0.380 e. The van der Waals surface area contributed by atoms with Crippen molar-refractivity contribution in [1.29, 1.82) is 0 Å². The maximum absolute atomic E-state index is 12.9. The minimum atomic E-state index is -0.967. The Kier molecular flexibility index (Phi) is 4.21. The van der Waals surface area contributed by atoms with E-state index >= 15 is 0 Å². The smallest absolute Gasteiger partial charge is 0.281 e. The van der Waals surface area contributed by atoms with Gasteiger partial charge in [0.25, 0.3) is 5.69 Å². The van der Waals surface area contributed by atoms with Crippen molar-refractivity contribution in [3.05, 3.63) is 38.9 Å². The fourth-order valence-electron chi connectivity index (χ4n) is 3.90. The monoisotopic (exact) mass is 337 g/mol. The summed E-state index contributed by atoms with van der Waals surface area (Å²) < 4.78 is 5.43. The van der Waals surface area contributed by atoms with Crippen LogP contribution in [0.1, 0.15) is 29.6 Å². The van der Waals surface area contributed by atoms with Gasteiger partial charge in [0.15, 0.2) is 5.78 Å². The quantitative estimate of drug-likeness (QED) is 0.365. The van der Waals surface area contributed by atoms with E-state index < -0.39 is 22.7 Å². The molecular formula is C16H16ClNO5. The van der Waals surface area contributed by atoms with Gasteiger partial charge in [-0.25, -0.2) is 0 Å². The summed E-state index contributed by atoms with van der Waals surface area (Å²) in [4.78, 5) is 36.1. The van der Waals surface area contributed by atoms with E-state index in [4.69, 9.17) is 16.3 Å². The standard InChI is InChI=1S/C16H16ClNO5/c1-23-16-9-3-2-8(6-9)14(19)13(16)15(20)11-5-4-10(17)7-12(11)18(21)22/h4-5,7-9,13,16H,2-3,6H2,1H3. The zero-order valence-corrected chi connectivity index (χ0v) is 13.3. The van der Waals surface area contributed by atoms with E-state index in [1.807, 2.05) is 0 Å². The highest BCUT2D eigenvalue weighted by Gasteiger charge is 2.51. The molecule has 1 aromatic rings. The van der Waals surface area contributed by atoms with Gasteiger partial charge >= 0.3 is 0 Å². The summed E-state index contributed by atoms with van der Waals surface area (Å²) >= 11 is 5.78. The average molecular weight is 338 g/mol. The van der Waals surface area contributed by atoms with Gasteiger partial charge in [0, 0.05) is 24.1 Å². The first-order chi connectivity index (χ1) is 10.9. The van der Waals surface area contributed by atoms with E-state index in [1.54, 1.807) is 0 Å². The Labute approximate surface area is 137 Å². The molecule has 6 nitrogen and oxygen atoms in total. The number of benzene rings is 1. The summed E-state index contributed by atoms with van der Waals surface area (Å²) in [5, 5.41) is 11.4. The zero-order chi connectivity index (χ0) is 16.7. The van der Waals surface area contributed by atoms with Crippen LogP contribution < -0.4 is 0 Å². The molecule has 0 heterocycles. The predicted molar refractivity (Wildman–Crippen MR) is 82.6 cm³/mol. The third-order valence-electron chi connectivity index (χ3n) is 4.95. The van der Waals surface area contributed by atoms with Gasteiger partial charge < -0.3 is 4.74 Å². The molecule has 122 valence electrons. The number of nitrogens with zero attached hydrogens (tertiary/aromatic N) is 1. The third kappa shape index (κ3) is 2.66. The molecule has 4 unspecified atom stereocenters. The SMILES string of the molecule is COC1C2CCC(C2)C(=O)C1C(=O)c1ccc(Cl)cc1[N+](=O)[O-]. The lowest BCUT2D eigenvalue weighted by Gasteiger charge is -2.33. The van der Waals surface area contributed by atoms with Gasteiger partial charge in [-0.1, -0.05) is 11.6 Å². The Balaban J connectivity index is 2.02. The summed E-state index contributed by atoms with van der Waals surface area (Å²) in [6.45, 7) is 0. The van der Waals surface area contributed by atoms with Crippen molar-refractivity contribution in [2.45, 2.75) is 25.4 Å². The first kappa shape index (κ1) is 16.1. The molecule has 0 amide bonds. The van der Waals surface area contributed by atoms with E-state index in [0.29, 0.717) is 0 Å². The van der Waals surface area contributed by atoms with Gasteiger partial charge in [-0.3, -0.25) is 19.7 Å². The number of carbonyl (C=O) groups is 2. The Morgan fingerprint density at radius 1 is 1.39 bits per heavy atom. The molecule has 0 saturated heterocycles. The topological polar surface area (TPSA) is 86.5 Å². The highest BCUT2D eigenvalue weighted by molar-refractivity contribution is 6.31. The molecule has 2 aliphatic carbocycles. The van der Waals surface area contributed by atoms with Crippen molar-refractivity contribution in [3.63, 3.8) is 0 Å². The number of nitro groups is 1. The van der Waals surface area contributed by atoms with Crippen LogP contribution in [0.15, 0.2) is 18.2 Å². The van der Waals surface area contributed by atoms with Crippen molar-refractivity contribution in [3.8, 4) is 0 Å². The predicted octanol–water partition coefficient (Wildman–Crippen LogP) is 3.06. The number of carbonyl (C=O) groups excluding carboxylic acids is 2. The number of halogens is 1. The van der Waals surface area contributed by atoms with Crippen molar-refractivity contribution in [2.75, 3.05) is 7.11 Å². The number of ether oxygens (including phenoxy) is 1. The van der Waals surface area contributed by atoms with Crippen LogP contribution in [-0.4, -0.2) is 29.7 Å². The Hall–Kier alpha value is -1.79. The van der Waals surface area contributed by atoms with Gasteiger partial charge in [0.2, 0.25) is 0 Å². The number of hydrogen-bond acceptors (Lipinski definition) is 5. The zero-order valence-electron chi connectivity index (χ0n) is 12.5. The van der Waals surface area contributed by atoms with E-state index in [2.05, 4.69) is 0 Å². The summed E-state index contributed by atoms with van der Waals surface area (Å²) in [5.74, 6) is -1.64. The Bertz CT molecular complexity index is 689. The Morgan fingerprint density at radius 3 is 2.78 bits per heavy atom. The fourth-order valence-corrected chi connectivity index (χ4v) is 4.07. The molecule has 0 N–H and O–H groups in total. The van der Waals surface area contributed by atoms with E-state index in [9.17, 15) is 19.7 Å². The van der Waals surface area contributed by atoms with E-state index in [-0.39, 0.29) is 33.9 Å². The number of ketones is 2. The second-order valence-electron chi connectivity index (χ2n) is 6.13. The van der Waals surface area contributed by atoms with E-state index in [0.717, 1.165) is 25.3 Å². The van der Waals surface area contributed by atoms with Crippen LogP contribution >= 0.6 is 11.6 Å². The first-order valence-corrected chi connectivity index (χ1v) is 7.86. The van der Waals surface area contributed by atoms with Crippen LogP contribution in [0.3, 0.4) is 0 Å². The van der Waals surface area contributed by atoms with Crippen molar-refractivity contribution < 1.29 is 19.2 Å². The molecule has 2 bridgehead atoms. The minimum Gasteiger partial charge on any atom is -0.380 e. The molecule has 7 heteroatoms. The third-order valence-corrected chi connectivity index (χ3v) is 5.19. The van der Waals surface area contributed by atoms with Crippen LogP contribution in [0.2, 0.25) is 5.02 Å². The molecule has 0 radical (unpaired) electrons. The average Bonchev–Trinajstić information content (AvgIpc) is 2.96. The molecule has 0 spiro atoms. The number of rotatable bonds is 4. The maximum Gasteiger partial charge on any atom is 0.281 e. The maximum atomic E-state index is 12.9. The van der Waals surface area contributed by atoms with Crippen LogP contribution in [-0.2, 0) is 9.53 Å². The Morgan fingerprint density at radius 2 is 2.13 bits per heavy atom. The molecule has 1 aromatic carbocycles. The summed E-state index contributed by atoms with van der Waals surface area (Å²) in [6.07, 6.45) is 1.84. The van der Waals surface area contributed by atoms with Gasteiger partial charge in [-0.2, -0.15) is 0 Å². The second kappa shape index (κ2) is 6.02. The highest BCUT2D eigenvalue weighted by Crippen LogP contribution is 2.45. The first-order valence-electron chi connectivity index (χ1n) is 7.48. The normalized spacial score (nSPS) is 29.6. The molecule has 0 aromatic heterocycles. The molecule has 23 heavy (non-hydrogen) atoms. The lowest BCUT2D eigenvalue weighted by Crippen LogP contribution is -2.45. The highest BCUT2D eigenvalue weighted by atomic mass is 35.5. The lowest BCUT2D eigenvalue weighted by atomic mass is 9.74. The molecule has 2 fully saturated rings. The molecule has 2 aliphatic rings. The lowest BCUT2D eigenvalue weighted by molar-refractivity contribution is -0.385. The van der Waals surface area contributed by atoms with Crippen LogP contribution in [0.4, 0.5) is 5.69 Å². The fraction of sp³-hybridized carbons (Fsp3) is 0.500. The van der Waals surface area contributed by atoms with Gasteiger partial charge in [-0.05, 0) is 37.3 Å². The molecule has 4 atom stereocenters. The summed E-state index contributed by atoms with van der Waals surface area (Å²) in [7, 11) is 1.48. The number of fused-ring (bicyclic) bond motifs is 2. The van der Waals surface area contributed by atoms with Gasteiger partial charge in [0.1, 0.15) is 11.7 Å². The number of hydrogen-bond donors (Lipinski definition) is 0. The number of nitro benzene ring substituents is 1. The van der Waals surface area contributed by atoms with Gasteiger partial charge in [-0.15, -0.1) is 0 Å².